The molecule has 0 spiro atoms. The summed E-state index contributed by atoms with van der Waals surface area (Å²) in [7, 11) is -2.08. The molecule has 0 unspecified atom stereocenters. The molecule has 1 aliphatic rings. The van der Waals surface area contributed by atoms with E-state index in [0.29, 0.717) is 0 Å². The van der Waals surface area contributed by atoms with Crippen molar-refractivity contribution in [3.63, 3.8) is 0 Å². The maximum Gasteiger partial charge on any atom is 0.266 e. The van der Waals surface area contributed by atoms with Crippen molar-refractivity contribution in [3.05, 3.63) is 57.6 Å². The Balaban J connectivity index is 1.63. The van der Waals surface area contributed by atoms with E-state index in [2.05, 4.69) is 37.9 Å². The summed E-state index contributed by atoms with van der Waals surface area (Å²) in [6, 6.07) is 8.17. The van der Waals surface area contributed by atoms with E-state index in [1.807, 2.05) is 19.1 Å². The molecule has 4 rings (SSSR count). The standard InChI is InChI=1S/C21H23ClFN5O2S2/c1-14-3-4-17(19(9-14)28-7-5-27(2)6-8-28)25-18-11-16(23)20(10-15(18)22)32(29,30)26-21-12-31-13-24-21/h3-4,9-13,25-26H,5-8H2,1-2H3. The van der Waals surface area contributed by atoms with Crippen molar-refractivity contribution in [2.45, 2.75) is 11.8 Å². The lowest BCUT2D eigenvalue weighted by molar-refractivity contribution is 0.313. The highest BCUT2D eigenvalue weighted by Gasteiger charge is 2.23. The second-order valence-corrected chi connectivity index (χ2v) is 10.5. The molecule has 32 heavy (non-hydrogen) atoms. The number of piperazine rings is 1. The number of nitrogens with zero attached hydrogens (tertiary/aromatic N) is 3. The van der Waals surface area contributed by atoms with Gasteiger partial charge in [-0.1, -0.05) is 17.7 Å². The summed E-state index contributed by atoms with van der Waals surface area (Å²) in [5, 5.41) is 4.80. The minimum atomic E-state index is -4.17. The smallest absolute Gasteiger partial charge is 0.266 e. The average molecular weight is 496 g/mol. The summed E-state index contributed by atoms with van der Waals surface area (Å²) < 4.78 is 42.3. The van der Waals surface area contributed by atoms with Crippen LogP contribution in [-0.2, 0) is 10.0 Å². The maximum absolute atomic E-state index is 14.9. The molecule has 0 aliphatic carbocycles. The van der Waals surface area contributed by atoms with Crippen molar-refractivity contribution in [1.29, 1.82) is 0 Å². The number of aromatic nitrogens is 1. The van der Waals surface area contributed by atoms with E-state index in [1.54, 1.807) is 0 Å². The molecule has 2 heterocycles. The van der Waals surface area contributed by atoms with Gasteiger partial charge in [0.15, 0.2) is 5.82 Å². The predicted molar refractivity (Wildman–Crippen MR) is 129 cm³/mol. The zero-order valence-corrected chi connectivity index (χ0v) is 20.0. The summed E-state index contributed by atoms with van der Waals surface area (Å²) in [6.45, 7) is 5.65. The minimum Gasteiger partial charge on any atom is -0.367 e. The third-order valence-corrected chi connectivity index (χ3v) is 7.52. The number of benzene rings is 2. The van der Waals surface area contributed by atoms with Crippen molar-refractivity contribution >= 4 is 55.8 Å². The van der Waals surface area contributed by atoms with Crippen LogP contribution >= 0.6 is 22.9 Å². The van der Waals surface area contributed by atoms with Gasteiger partial charge in [-0.2, -0.15) is 0 Å². The number of thiazole rings is 1. The largest absolute Gasteiger partial charge is 0.367 e. The fourth-order valence-electron chi connectivity index (χ4n) is 3.49. The lowest BCUT2D eigenvalue weighted by atomic mass is 10.1. The fraction of sp³-hybridized carbons (Fsp3) is 0.286. The second-order valence-electron chi connectivity index (χ2n) is 7.68. The van der Waals surface area contributed by atoms with Crippen molar-refractivity contribution in [2.75, 3.05) is 48.2 Å². The molecule has 2 aromatic carbocycles. The van der Waals surface area contributed by atoms with Gasteiger partial charge >= 0.3 is 0 Å². The Hall–Kier alpha value is -2.40. The first-order valence-electron chi connectivity index (χ1n) is 9.94. The molecule has 0 radical (unpaired) electrons. The number of anilines is 4. The van der Waals surface area contributed by atoms with Crippen LogP contribution in [0, 0.1) is 12.7 Å². The third-order valence-electron chi connectivity index (χ3n) is 5.25. The van der Waals surface area contributed by atoms with Gasteiger partial charge in [0.1, 0.15) is 10.7 Å². The Kier molecular flexibility index (Phi) is 6.57. The lowest BCUT2D eigenvalue weighted by Gasteiger charge is -2.35. The van der Waals surface area contributed by atoms with Crippen LogP contribution in [0.5, 0.6) is 0 Å². The topological polar surface area (TPSA) is 77.6 Å². The van der Waals surface area contributed by atoms with Crippen LogP contribution in [-0.4, -0.2) is 51.5 Å². The summed E-state index contributed by atoms with van der Waals surface area (Å²) in [6.07, 6.45) is 0. The zero-order valence-electron chi connectivity index (χ0n) is 17.6. The Morgan fingerprint density at radius 2 is 1.88 bits per heavy atom. The van der Waals surface area contributed by atoms with Crippen molar-refractivity contribution in [3.8, 4) is 0 Å². The van der Waals surface area contributed by atoms with E-state index in [9.17, 15) is 12.8 Å². The van der Waals surface area contributed by atoms with Gasteiger partial charge < -0.3 is 15.1 Å². The van der Waals surface area contributed by atoms with Gasteiger partial charge in [0, 0.05) is 37.6 Å². The highest BCUT2D eigenvalue weighted by molar-refractivity contribution is 7.92. The highest BCUT2D eigenvalue weighted by atomic mass is 35.5. The second kappa shape index (κ2) is 9.22. The number of sulfonamides is 1. The normalized spacial score (nSPS) is 15.1. The minimum absolute atomic E-state index is 0.0926. The van der Waals surface area contributed by atoms with Crippen LogP contribution in [0.4, 0.5) is 27.3 Å². The van der Waals surface area contributed by atoms with Crippen LogP contribution in [0.25, 0.3) is 0 Å². The highest BCUT2D eigenvalue weighted by Crippen LogP contribution is 2.35. The average Bonchev–Trinajstić information content (AvgIpc) is 3.24. The van der Waals surface area contributed by atoms with Crippen LogP contribution in [0.3, 0.4) is 0 Å². The first-order valence-corrected chi connectivity index (χ1v) is 12.7. The number of hydrogen-bond acceptors (Lipinski definition) is 7. The van der Waals surface area contributed by atoms with Crippen LogP contribution in [0.15, 0.2) is 46.1 Å². The predicted octanol–water partition coefficient (Wildman–Crippen LogP) is 4.54. The zero-order chi connectivity index (χ0) is 22.9. The van der Waals surface area contributed by atoms with Gasteiger partial charge in [-0.05, 0) is 37.7 Å². The molecule has 0 atom stereocenters. The molecule has 1 aromatic heterocycles. The molecule has 0 saturated carbocycles. The van der Waals surface area contributed by atoms with E-state index >= 15 is 0 Å². The van der Waals surface area contributed by atoms with E-state index in [0.717, 1.165) is 55.2 Å². The van der Waals surface area contributed by atoms with Gasteiger partial charge in [0.2, 0.25) is 0 Å². The Morgan fingerprint density at radius 3 is 2.56 bits per heavy atom. The van der Waals surface area contributed by atoms with E-state index in [1.165, 1.54) is 22.2 Å². The Morgan fingerprint density at radius 1 is 1.12 bits per heavy atom. The lowest BCUT2D eigenvalue weighted by Crippen LogP contribution is -2.44. The van der Waals surface area contributed by atoms with Crippen LogP contribution in [0.2, 0.25) is 5.02 Å². The number of aryl methyl sites for hydroxylation is 1. The quantitative estimate of drug-likeness (QED) is 0.522. The first kappa shape index (κ1) is 22.8. The molecule has 1 aliphatic heterocycles. The van der Waals surface area contributed by atoms with Gasteiger partial charge in [0.25, 0.3) is 10.0 Å². The summed E-state index contributed by atoms with van der Waals surface area (Å²) >= 11 is 7.60. The number of rotatable bonds is 6. The first-order chi connectivity index (χ1) is 15.2. The van der Waals surface area contributed by atoms with Crippen LogP contribution < -0.4 is 14.9 Å². The summed E-state index contributed by atoms with van der Waals surface area (Å²) in [5.74, 6) is -0.780. The summed E-state index contributed by atoms with van der Waals surface area (Å²) in [5.41, 5.74) is 4.65. The molecule has 7 nitrogen and oxygen atoms in total. The molecule has 3 aromatic rings. The molecular formula is C21H23ClFN5O2S2. The molecular weight excluding hydrogens is 473 g/mol. The van der Waals surface area contributed by atoms with E-state index < -0.39 is 20.7 Å². The van der Waals surface area contributed by atoms with E-state index in [4.69, 9.17) is 11.6 Å². The summed E-state index contributed by atoms with van der Waals surface area (Å²) in [4.78, 5) is 7.88. The molecule has 170 valence electrons. The molecule has 1 saturated heterocycles. The Bertz CT molecular complexity index is 1210. The molecule has 2 N–H and O–H groups in total. The fourth-order valence-corrected chi connectivity index (χ4v) is 5.41. The van der Waals surface area contributed by atoms with Crippen LogP contribution in [0.1, 0.15) is 5.56 Å². The molecule has 11 heteroatoms. The number of likely N-dealkylation sites (N-methyl/N-ethyl adjacent to an activating group) is 1. The van der Waals surface area contributed by atoms with Gasteiger partial charge in [0.05, 0.1) is 27.6 Å². The number of hydrogen-bond donors (Lipinski definition) is 2. The molecule has 0 bridgehead atoms. The Labute approximate surface area is 195 Å². The monoisotopic (exact) mass is 495 g/mol. The number of nitrogens with one attached hydrogen (secondary N) is 2. The maximum atomic E-state index is 14.9. The SMILES string of the molecule is Cc1ccc(Nc2cc(F)c(S(=O)(=O)Nc3cscn3)cc2Cl)c(N2CCN(C)CC2)c1. The third kappa shape index (κ3) is 4.98. The van der Waals surface area contributed by atoms with Crippen molar-refractivity contribution < 1.29 is 12.8 Å². The molecule has 1 fully saturated rings. The van der Waals surface area contributed by atoms with E-state index in [-0.39, 0.29) is 16.5 Å². The van der Waals surface area contributed by atoms with Crippen molar-refractivity contribution in [2.24, 2.45) is 0 Å². The van der Waals surface area contributed by atoms with Gasteiger partial charge in [-0.15, -0.1) is 11.3 Å². The van der Waals surface area contributed by atoms with Crippen molar-refractivity contribution in [1.82, 2.24) is 9.88 Å². The molecule has 0 amide bonds. The van der Waals surface area contributed by atoms with Gasteiger partial charge in [-0.25, -0.2) is 17.8 Å². The number of halogens is 2. The van der Waals surface area contributed by atoms with Gasteiger partial charge in [-0.3, -0.25) is 4.72 Å².